The lowest BCUT2D eigenvalue weighted by atomic mass is 10.00. The van der Waals surface area contributed by atoms with Crippen molar-refractivity contribution < 1.29 is 13.6 Å². The van der Waals surface area contributed by atoms with E-state index in [4.69, 9.17) is 0 Å². The van der Waals surface area contributed by atoms with Gasteiger partial charge in [0.1, 0.15) is 17.2 Å². The first-order valence-electron chi connectivity index (χ1n) is 7.14. The number of carbonyl (C=O) groups is 1. The fourth-order valence-corrected chi connectivity index (χ4v) is 2.69. The fourth-order valence-electron chi connectivity index (χ4n) is 2.69. The number of carbonyl (C=O) groups excluding carboxylic acids is 1. The van der Waals surface area contributed by atoms with Crippen LogP contribution in [0.3, 0.4) is 0 Å². The van der Waals surface area contributed by atoms with Gasteiger partial charge in [0.2, 0.25) is 0 Å². The lowest BCUT2D eigenvalue weighted by molar-refractivity contribution is 0.0887. The molecule has 0 aliphatic carbocycles. The smallest absolute Gasteiger partial charge is 0.257 e. The van der Waals surface area contributed by atoms with Gasteiger partial charge >= 0.3 is 0 Å². The van der Waals surface area contributed by atoms with Crippen molar-refractivity contribution in [3.8, 4) is 0 Å². The highest BCUT2D eigenvalue weighted by molar-refractivity contribution is 5.95. The first kappa shape index (κ1) is 15.9. The Balaban J connectivity index is 2.14. The van der Waals surface area contributed by atoms with E-state index in [9.17, 15) is 13.6 Å². The molecule has 1 N–H and O–H groups in total. The zero-order valence-corrected chi connectivity index (χ0v) is 13.0. The second-order valence-corrected chi connectivity index (χ2v) is 6.95. The summed E-state index contributed by atoms with van der Waals surface area (Å²) in [5.74, 6) is -2.35. The predicted molar refractivity (Wildman–Crippen MR) is 78.2 cm³/mol. The first-order valence-corrected chi connectivity index (χ1v) is 7.14. The highest BCUT2D eigenvalue weighted by atomic mass is 19.1. The van der Waals surface area contributed by atoms with E-state index in [1.807, 2.05) is 6.92 Å². The predicted octanol–water partition coefficient (Wildman–Crippen LogP) is 2.96. The van der Waals surface area contributed by atoms with Gasteiger partial charge in [-0.2, -0.15) is 0 Å². The van der Waals surface area contributed by atoms with Gasteiger partial charge in [-0.1, -0.05) is 6.07 Å². The Morgan fingerprint density at radius 1 is 1.29 bits per heavy atom. The van der Waals surface area contributed by atoms with Crippen LogP contribution in [0.15, 0.2) is 18.2 Å². The summed E-state index contributed by atoms with van der Waals surface area (Å²) in [6.07, 6.45) is 0.756. The van der Waals surface area contributed by atoms with Crippen LogP contribution < -0.4 is 5.32 Å². The Bertz CT molecular complexity index is 533. The maximum Gasteiger partial charge on any atom is 0.257 e. The minimum Gasteiger partial charge on any atom is -0.345 e. The van der Waals surface area contributed by atoms with Gasteiger partial charge in [0, 0.05) is 18.6 Å². The van der Waals surface area contributed by atoms with Crippen molar-refractivity contribution in [2.45, 2.75) is 45.2 Å². The highest BCUT2D eigenvalue weighted by Crippen LogP contribution is 2.28. The quantitative estimate of drug-likeness (QED) is 0.910. The van der Waals surface area contributed by atoms with Crippen LogP contribution in [-0.2, 0) is 0 Å². The summed E-state index contributed by atoms with van der Waals surface area (Å²) in [4.78, 5) is 14.4. The third kappa shape index (κ3) is 3.40. The summed E-state index contributed by atoms with van der Waals surface area (Å²) in [6, 6.07) is 3.44. The molecule has 1 aliphatic rings. The number of hydrogen-bond donors (Lipinski definition) is 1. The average Bonchev–Trinajstić information content (AvgIpc) is 2.71. The summed E-state index contributed by atoms with van der Waals surface area (Å²) >= 11 is 0. The van der Waals surface area contributed by atoms with Crippen LogP contribution in [0.25, 0.3) is 0 Å². The van der Waals surface area contributed by atoms with Crippen LogP contribution in [-0.4, -0.2) is 35.0 Å². The number of nitrogens with zero attached hydrogens (tertiary/aromatic N) is 1. The van der Waals surface area contributed by atoms with Gasteiger partial charge in [-0.15, -0.1) is 0 Å². The molecule has 1 fully saturated rings. The second-order valence-electron chi connectivity index (χ2n) is 6.95. The molecule has 1 amide bonds. The number of rotatable bonds is 2. The van der Waals surface area contributed by atoms with Crippen LogP contribution in [0.2, 0.25) is 0 Å². The molecule has 1 saturated heterocycles. The molecule has 21 heavy (non-hydrogen) atoms. The topological polar surface area (TPSA) is 32.3 Å². The molecule has 0 radical (unpaired) electrons. The summed E-state index contributed by atoms with van der Waals surface area (Å²) in [5.41, 5.74) is -0.974. The fraction of sp³-hybridized carbons (Fsp3) is 0.562. The largest absolute Gasteiger partial charge is 0.345 e. The molecule has 1 unspecified atom stereocenters. The molecule has 1 aliphatic heterocycles. The van der Waals surface area contributed by atoms with E-state index in [1.54, 1.807) is 0 Å². The van der Waals surface area contributed by atoms with Gasteiger partial charge in [0.25, 0.3) is 5.91 Å². The van der Waals surface area contributed by atoms with Crippen LogP contribution in [0, 0.1) is 11.6 Å². The lowest BCUT2D eigenvalue weighted by Gasteiger charge is -2.34. The van der Waals surface area contributed by atoms with E-state index in [-0.39, 0.29) is 5.54 Å². The summed E-state index contributed by atoms with van der Waals surface area (Å²) in [6.45, 7) is 9.75. The van der Waals surface area contributed by atoms with Gasteiger partial charge in [0.05, 0.1) is 5.54 Å². The molecule has 3 nitrogen and oxygen atoms in total. The van der Waals surface area contributed by atoms with Crippen molar-refractivity contribution in [2.75, 3.05) is 13.1 Å². The van der Waals surface area contributed by atoms with Crippen molar-refractivity contribution in [1.82, 2.24) is 10.2 Å². The van der Waals surface area contributed by atoms with Crippen LogP contribution in [0.1, 0.15) is 44.5 Å². The number of halogens is 2. The standard InChI is InChI=1S/C16H22F2N2O/c1-15(2,3)20-9-8-16(4,10-20)19-14(21)13-11(17)6-5-7-12(13)18/h5-7H,8-10H2,1-4H3,(H,19,21). The van der Waals surface area contributed by atoms with Gasteiger partial charge in [-0.25, -0.2) is 8.78 Å². The normalized spacial score (nSPS) is 23.3. The number of amides is 1. The van der Waals surface area contributed by atoms with Gasteiger partial charge < -0.3 is 5.32 Å². The number of nitrogens with one attached hydrogen (secondary N) is 1. The molecule has 0 saturated carbocycles. The third-order valence-electron chi connectivity index (χ3n) is 4.03. The third-order valence-corrected chi connectivity index (χ3v) is 4.03. The average molecular weight is 296 g/mol. The first-order chi connectivity index (χ1) is 9.62. The minimum absolute atomic E-state index is 0.00569. The summed E-state index contributed by atoms with van der Waals surface area (Å²) in [7, 11) is 0. The van der Waals surface area contributed by atoms with Crippen molar-refractivity contribution in [3.63, 3.8) is 0 Å². The Morgan fingerprint density at radius 2 is 1.86 bits per heavy atom. The van der Waals surface area contributed by atoms with Gasteiger partial charge in [-0.05, 0) is 46.2 Å². The molecule has 1 aromatic rings. The van der Waals surface area contributed by atoms with Crippen molar-refractivity contribution >= 4 is 5.91 Å². The molecule has 1 heterocycles. The Hall–Kier alpha value is -1.49. The van der Waals surface area contributed by atoms with Crippen molar-refractivity contribution in [1.29, 1.82) is 0 Å². The monoisotopic (exact) mass is 296 g/mol. The molecule has 0 spiro atoms. The molecule has 5 heteroatoms. The van der Waals surface area contributed by atoms with E-state index < -0.39 is 28.6 Å². The van der Waals surface area contributed by atoms with E-state index in [2.05, 4.69) is 31.0 Å². The molecule has 116 valence electrons. The number of likely N-dealkylation sites (tertiary alicyclic amines) is 1. The number of benzene rings is 1. The van der Waals surface area contributed by atoms with Crippen LogP contribution in [0.4, 0.5) is 8.78 Å². The van der Waals surface area contributed by atoms with E-state index in [0.29, 0.717) is 6.54 Å². The van der Waals surface area contributed by atoms with Crippen LogP contribution >= 0.6 is 0 Å². The molecule has 0 aromatic heterocycles. The van der Waals surface area contributed by atoms with Gasteiger partial charge in [-0.3, -0.25) is 9.69 Å². The van der Waals surface area contributed by atoms with E-state index in [1.165, 1.54) is 6.07 Å². The zero-order chi connectivity index (χ0) is 15.8. The summed E-state index contributed by atoms with van der Waals surface area (Å²) < 4.78 is 27.3. The Morgan fingerprint density at radius 3 is 2.33 bits per heavy atom. The zero-order valence-electron chi connectivity index (χ0n) is 13.0. The molecule has 1 aromatic carbocycles. The minimum atomic E-state index is -0.832. The van der Waals surface area contributed by atoms with E-state index in [0.717, 1.165) is 25.1 Å². The molecular weight excluding hydrogens is 274 g/mol. The van der Waals surface area contributed by atoms with Crippen LogP contribution in [0.5, 0.6) is 0 Å². The van der Waals surface area contributed by atoms with E-state index >= 15 is 0 Å². The maximum absolute atomic E-state index is 13.7. The molecular formula is C16H22F2N2O. The maximum atomic E-state index is 13.7. The van der Waals surface area contributed by atoms with Crippen molar-refractivity contribution in [3.05, 3.63) is 35.4 Å². The van der Waals surface area contributed by atoms with Crippen molar-refractivity contribution in [2.24, 2.45) is 0 Å². The number of hydrogen-bond acceptors (Lipinski definition) is 2. The highest BCUT2D eigenvalue weighted by Gasteiger charge is 2.39. The Kier molecular flexibility index (Phi) is 4.06. The molecule has 1 atom stereocenters. The second kappa shape index (κ2) is 5.37. The summed E-state index contributed by atoms with van der Waals surface area (Å²) in [5, 5.41) is 2.79. The SMILES string of the molecule is CC1(NC(=O)c2c(F)cccc2F)CCN(C(C)(C)C)C1. The molecule has 2 rings (SSSR count). The Labute approximate surface area is 124 Å². The molecule has 0 bridgehead atoms. The van der Waals surface area contributed by atoms with Gasteiger partial charge in [0.15, 0.2) is 0 Å². The lowest BCUT2D eigenvalue weighted by Crippen LogP contribution is -2.50.